The minimum absolute atomic E-state index is 0.137. The van der Waals surface area contributed by atoms with Gasteiger partial charge in [0.15, 0.2) is 5.82 Å². The summed E-state index contributed by atoms with van der Waals surface area (Å²) in [7, 11) is 1.84. The number of rotatable bonds is 2. The lowest BCUT2D eigenvalue weighted by atomic mass is 10.2. The van der Waals surface area contributed by atoms with Crippen LogP contribution in [0.15, 0.2) is 30.6 Å². The summed E-state index contributed by atoms with van der Waals surface area (Å²) in [6, 6.07) is 6.08. The molecule has 1 amide bonds. The van der Waals surface area contributed by atoms with Crippen molar-refractivity contribution in [2.75, 3.05) is 19.7 Å². The summed E-state index contributed by atoms with van der Waals surface area (Å²) < 4.78 is 20.8. The van der Waals surface area contributed by atoms with Crippen molar-refractivity contribution < 1.29 is 13.9 Å². The number of aryl methyl sites for hydroxylation is 1. The van der Waals surface area contributed by atoms with E-state index in [-0.39, 0.29) is 17.8 Å². The molecule has 124 valence electrons. The van der Waals surface area contributed by atoms with Gasteiger partial charge >= 0.3 is 0 Å². The van der Waals surface area contributed by atoms with Gasteiger partial charge in [-0.2, -0.15) is 0 Å². The van der Waals surface area contributed by atoms with Crippen LogP contribution in [-0.2, 0) is 11.8 Å². The molecule has 8 heteroatoms. The van der Waals surface area contributed by atoms with E-state index >= 15 is 0 Å². The summed E-state index contributed by atoms with van der Waals surface area (Å²) >= 11 is 0. The van der Waals surface area contributed by atoms with Crippen molar-refractivity contribution >= 4 is 16.8 Å². The highest BCUT2D eigenvalue weighted by Gasteiger charge is 2.29. The first kappa shape index (κ1) is 14.8. The molecule has 0 radical (unpaired) electrons. The van der Waals surface area contributed by atoms with Crippen LogP contribution in [0, 0.1) is 5.82 Å². The molecule has 1 N–H and O–H groups in total. The number of amides is 1. The molecule has 3 heterocycles. The number of hydrogen-bond acceptors (Lipinski definition) is 4. The molecular formula is C16H16FN5O2. The molecule has 1 atom stereocenters. The van der Waals surface area contributed by atoms with Crippen molar-refractivity contribution in [2.45, 2.75) is 6.10 Å². The second-order valence-corrected chi connectivity index (χ2v) is 5.83. The van der Waals surface area contributed by atoms with Gasteiger partial charge in [0.05, 0.1) is 13.2 Å². The van der Waals surface area contributed by atoms with Gasteiger partial charge in [0.1, 0.15) is 23.9 Å². The number of morpholine rings is 1. The Morgan fingerprint density at radius 2 is 2.29 bits per heavy atom. The maximum Gasteiger partial charge on any atom is 0.270 e. The standard InChI is InChI=1S/C16H16FN5O2/c1-21-9-18-20-15(21)14-8-22(4-5-24-14)16(23)13-7-10-6-11(17)2-3-12(10)19-13/h2-3,6-7,9,14,19H,4-5,8H2,1H3. The lowest BCUT2D eigenvalue weighted by molar-refractivity contribution is -0.0282. The zero-order valence-electron chi connectivity index (χ0n) is 13.1. The fourth-order valence-corrected chi connectivity index (χ4v) is 2.96. The van der Waals surface area contributed by atoms with Gasteiger partial charge < -0.3 is 19.2 Å². The molecule has 7 nitrogen and oxygen atoms in total. The molecule has 1 unspecified atom stereocenters. The fraction of sp³-hybridized carbons (Fsp3) is 0.312. The van der Waals surface area contributed by atoms with Gasteiger partial charge in [0.25, 0.3) is 5.91 Å². The average Bonchev–Trinajstić information content (AvgIpc) is 3.20. The highest BCUT2D eigenvalue weighted by Crippen LogP contribution is 2.23. The third-order valence-electron chi connectivity index (χ3n) is 4.20. The molecule has 1 aliphatic rings. The Bertz CT molecular complexity index is 903. The Hall–Kier alpha value is -2.74. The van der Waals surface area contributed by atoms with E-state index in [1.807, 2.05) is 7.05 Å². The van der Waals surface area contributed by atoms with Crippen LogP contribution < -0.4 is 0 Å². The number of halogens is 1. The van der Waals surface area contributed by atoms with Gasteiger partial charge in [-0.1, -0.05) is 0 Å². The van der Waals surface area contributed by atoms with Gasteiger partial charge in [-0.3, -0.25) is 4.79 Å². The molecule has 0 spiro atoms. The minimum atomic E-state index is -0.325. The van der Waals surface area contributed by atoms with Gasteiger partial charge in [-0.15, -0.1) is 10.2 Å². The van der Waals surface area contributed by atoms with E-state index in [9.17, 15) is 9.18 Å². The molecule has 24 heavy (non-hydrogen) atoms. The Balaban J connectivity index is 1.57. The highest BCUT2D eigenvalue weighted by molar-refractivity contribution is 5.98. The highest BCUT2D eigenvalue weighted by atomic mass is 19.1. The van der Waals surface area contributed by atoms with Crippen LogP contribution in [-0.4, -0.2) is 50.3 Å². The lowest BCUT2D eigenvalue weighted by Gasteiger charge is -2.32. The molecule has 2 aromatic heterocycles. The van der Waals surface area contributed by atoms with E-state index in [0.29, 0.717) is 36.6 Å². The van der Waals surface area contributed by atoms with Crippen molar-refractivity contribution in [3.05, 3.63) is 47.9 Å². The number of nitrogens with zero attached hydrogens (tertiary/aromatic N) is 4. The number of hydrogen-bond donors (Lipinski definition) is 1. The number of nitrogens with one attached hydrogen (secondary N) is 1. The second kappa shape index (κ2) is 5.72. The summed E-state index contributed by atoms with van der Waals surface area (Å²) in [5, 5.41) is 8.58. The molecule has 3 aromatic rings. The molecule has 4 rings (SSSR count). The van der Waals surface area contributed by atoms with Gasteiger partial charge in [-0.05, 0) is 24.3 Å². The Morgan fingerprint density at radius 3 is 3.08 bits per heavy atom. The maximum atomic E-state index is 13.3. The summed E-state index contributed by atoms with van der Waals surface area (Å²) in [5.41, 5.74) is 1.17. The van der Waals surface area contributed by atoms with Crippen molar-refractivity contribution in [1.29, 1.82) is 0 Å². The van der Waals surface area contributed by atoms with Crippen molar-refractivity contribution in [3.8, 4) is 0 Å². The zero-order chi connectivity index (χ0) is 16.7. The molecule has 0 bridgehead atoms. The number of aromatic nitrogens is 4. The van der Waals surface area contributed by atoms with Crippen LogP contribution >= 0.6 is 0 Å². The van der Waals surface area contributed by atoms with Gasteiger partial charge in [0, 0.05) is 24.5 Å². The van der Waals surface area contributed by atoms with E-state index in [0.717, 1.165) is 5.52 Å². The smallest absolute Gasteiger partial charge is 0.270 e. The van der Waals surface area contributed by atoms with Crippen LogP contribution in [0.5, 0.6) is 0 Å². The number of ether oxygens (including phenoxy) is 1. The Labute approximate surface area is 137 Å². The largest absolute Gasteiger partial charge is 0.366 e. The van der Waals surface area contributed by atoms with E-state index in [1.165, 1.54) is 12.1 Å². The fourth-order valence-electron chi connectivity index (χ4n) is 2.96. The average molecular weight is 329 g/mol. The van der Waals surface area contributed by atoms with E-state index in [1.54, 1.807) is 27.9 Å². The lowest BCUT2D eigenvalue weighted by Crippen LogP contribution is -2.43. The van der Waals surface area contributed by atoms with E-state index in [4.69, 9.17) is 4.74 Å². The molecule has 1 fully saturated rings. The number of carbonyl (C=O) groups excluding carboxylic acids is 1. The summed E-state index contributed by atoms with van der Waals surface area (Å²) in [6.45, 7) is 1.32. The van der Waals surface area contributed by atoms with E-state index in [2.05, 4.69) is 15.2 Å². The molecule has 1 aromatic carbocycles. The number of H-pyrrole nitrogens is 1. The van der Waals surface area contributed by atoms with Crippen molar-refractivity contribution in [1.82, 2.24) is 24.6 Å². The molecule has 0 aliphatic carbocycles. The normalized spacial score (nSPS) is 18.2. The second-order valence-electron chi connectivity index (χ2n) is 5.83. The van der Waals surface area contributed by atoms with Crippen LogP contribution in [0.1, 0.15) is 22.4 Å². The van der Waals surface area contributed by atoms with Crippen molar-refractivity contribution in [3.63, 3.8) is 0 Å². The summed E-state index contributed by atoms with van der Waals surface area (Å²) in [6.07, 6.45) is 1.29. The minimum Gasteiger partial charge on any atom is -0.366 e. The first-order valence-corrected chi connectivity index (χ1v) is 7.65. The number of fused-ring (bicyclic) bond motifs is 1. The number of carbonyl (C=O) groups is 1. The maximum absolute atomic E-state index is 13.3. The van der Waals surface area contributed by atoms with Crippen molar-refractivity contribution in [2.24, 2.45) is 7.05 Å². The van der Waals surface area contributed by atoms with Crippen LogP contribution in [0.25, 0.3) is 10.9 Å². The molecule has 0 saturated carbocycles. The monoisotopic (exact) mass is 329 g/mol. The van der Waals surface area contributed by atoms with Crippen LogP contribution in [0.4, 0.5) is 4.39 Å². The summed E-state index contributed by atoms with van der Waals surface area (Å²) in [5.74, 6) is 0.225. The first-order valence-electron chi connectivity index (χ1n) is 7.65. The topological polar surface area (TPSA) is 76.0 Å². The number of aromatic amines is 1. The number of benzene rings is 1. The quantitative estimate of drug-likeness (QED) is 0.776. The molecule has 1 saturated heterocycles. The van der Waals surface area contributed by atoms with Gasteiger partial charge in [0.2, 0.25) is 0 Å². The third kappa shape index (κ3) is 2.54. The van der Waals surface area contributed by atoms with Crippen LogP contribution in [0.3, 0.4) is 0 Å². The third-order valence-corrected chi connectivity index (χ3v) is 4.20. The van der Waals surface area contributed by atoms with E-state index < -0.39 is 0 Å². The first-order chi connectivity index (χ1) is 11.6. The Morgan fingerprint density at radius 1 is 1.42 bits per heavy atom. The predicted molar refractivity (Wildman–Crippen MR) is 83.9 cm³/mol. The van der Waals surface area contributed by atoms with Crippen LogP contribution in [0.2, 0.25) is 0 Å². The Kier molecular flexibility index (Phi) is 3.53. The predicted octanol–water partition coefficient (Wildman–Crippen LogP) is 1.65. The molecular weight excluding hydrogens is 313 g/mol. The van der Waals surface area contributed by atoms with Gasteiger partial charge in [-0.25, -0.2) is 4.39 Å². The zero-order valence-corrected chi connectivity index (χ0v) is 13.1. The molecule has 1 aliphatic heterocycles. The summed E-state index contributed by atoms with van der Waals surface area (Å²) in [4.78, 5) is 17.5. The SMILES string of the molecule is Cn1cnnc1C1CN(C(=O)c2cc3cc(F)ccc3[nH]2)CCO1.